The lowest BCUT2D eigenvalue weighted by molar-refractivity contribution is 0.109. The third-order valence-corrected chi connectivity index (χ3v) is 4.83. The van der Waals surface area contributed by atoms with Crippen molar-refractivity contribution in [1.29, 1.82) is 0 Å². The summed E-state index contributed by atoms with van der Waals surface area (Å²) >= 11 is 2.85. The molecule has 0 bridgehead atoms. The minimum absolute atomic E-state index is 0.210. The van der Waals surface area contributed by atoms with Gasteiger partial charge in [0.25, 0.3) is 0 Å². The molecule has 0 spiro atoms. The lowest BCUT2D eigenvalue weighted by Gasteiger charge is -2.16. The van der Waals surface area contributed by atoms with E-state index < -0.39 is 9.84 Å². The highest BCUT2D eigenvalue weighted by molar-refractivity contribution is 9.18. The normalized spacial score (nSPS) is 18.2. The SMILES string of the molecule is O=C(Br)c1ccc2c(c1)CCCS2(=O)=O. The number of halogens is 1. The average molecular weight is 289 g/mol. The Bertz CT molecular complexity index is 519. The van der Waals surface area contributed by atoms with E-state index >= 15 is 0 Å². The molecule has 1 aliphatic heterocycles. The van der Waals surface area contributed by atoms with Crippen LogP contribution in [0.3, 0.4) is 0 Å². The molecule has 0 amide bonds. The molecule has 5 heteroatoms. The Labute approximate surface area is 96.5 Å². The van der Waals surface area contributed by atoms with Crippen LogP contribution >= 0.6 is 15.9 Å². The van der Waals surface area contributed by atoms with E-state index in [4.69, 9.17) is 0 Å². The number of carbonyl (C=O) groups excluding carboxylic acids is 1. The van der Waals surface area contributed by atoms with Gasteiger partial charge in [-0.3, -0.25) is 4.79 Å². The largest absolute Gasteiger partial charge is 0.281 e. The molecular formula is C10H9BrO3S. The summed E-state index contributed by atoms with van der Waals surface area (Å²) in [7, 11) is -3.11. The van der Waals surface area contributed by atoms with Crippen molar-refractivity contribution in [3.63, 3.8) is 0 Å². The number of fused-ring (bicyclic) bond motifs is 1. The van der Waals surface area contributed by atoms with E-state index in [2.05, 4.69) is 15.9 Å². The highest BCUT2D eigenvalue weighted by Gasteiger charge is 2.23. The first-order valence-corrected chi connectivity index (χ1v) is 7.01. The minimum Gasteiger partial charge on any atom is -0.281 e. The van der Waals surface area contributed by atoms with Crippen LogP contribution < -0.4 is 0 Å². The maximum Gasteiger partial charge on any atom is 0.228 e. The van der Waals surface area contributed by atoms with Gasteiger partial charge in [0.1, 0.15) is 0 Å². The Morgan fingerprint density at radius 3 is 2.73 bits per heavy atom. The van der Waals surface area contributed by atoms with Gasteiger partial charge in [-0.2, -0.15) is 0 Å². The van der Waals surface area contributed by atoms with Gasteiger partial charge in [-0.1, -0.05) is 0 Å². The van der Waals surface area contributed by atoms with Gasteiger partial charge in [0.05, 0.1) is 10.6 Å². The zero-order valence-electron chi connectivity index (χ0n) is 7.86. The number of rotatable bonds is 1. The summed E-state index contributed by atoms with van der Waals surface area (Å²) in [6.07, 6.45) is 1.36. The Morgan fingerprint density at radius 1 is 1.33 bits per heavy atom. The highest BCUT2D eigenvalue weighted by atomic mass is 79.9. The molecule has 0 N–H and O–H groups in total. The van der Waals surface area contributed by atoms with Gasteiger partial charge in [-0.15, -0.1) is 0 Å². The molecule has 3 nitrogen and oxygen atoms in total. The first kappa shape index (κ1) is 10.8. The molecule has 2 rings (SSSR count). The molecule has 0 aromatic heterocycles. The smallest absolute Gasteiger partial charge is 0.228 e. The van der Waals surface area contributed by atoms with Crippen molar-refractivity contribution in [1.82, 2.24) is 0 Å². The molecule has 1 aromatic carbocycles. The van der Waals surface area contributed by atoms with Gasteiger partial charge in [0, 0.05) is 5.56 Å². The fourth-order valence-electron chi connectivity index (χ4n) is 1.76. The number of carbonyl (C=O) groups is 1. The maximum absolute atomic E-state index is 11.7. The number of aryl methyl sites for hydroxylation is 1. The van der Waals surface area contributed by atoms with Crippen LogP contribution in [-0.2, 0) is 16.3 Å². The molecule has 1 aliphatic rings. The first-order valence-electron chi connectivity index (χ1n) is 4.56. The van der Waals surface area contributed by atoms with Crippen molar-refractivity contribution in [2.24, 2.45) is 0 Å². The van der Waals surface area contributed by atoms with Crippen molar-refractivity contribution in [2.75, 3.05) is 5.75 Å². The van der Waals surface area contributed by atoms with Gasteiger partial charge in [0.15, 0.2) is 9.84 Å². The Balaban J connectivity index is 2.60. The number of benzene rings is 1. The van der Waals surface area contributed by atoms with Crippen LogP contribution in [0.1, 0.15) is 22.3 Å². The van der Waals surface area contributed by atoms with Crippen molar-refractivity contribution >= 4 is 30.5 Å². The van der Waals surface area contributed by atoms with E-state index in [1.165, 1.54) is 6.07 Å². The molecule has 80 valence electrons. The third-order valence-electron chi connectivity index (χ3n) is 2.48. The number of hydrogen-bond donors (Lipinski definition) is 0. The number of hydrogen-bond acceptors (Lipinski definition) is 3. The van der Waals surface area contributed by atoms with Crippen molar-refractivity contribution in [3.05, 3.63) is 29.3 Å². The molecule has 0 radical (unpaired) electrons. The second-order valence-corrected chi connectivity index (χ2v) is 6.32. The Hall–Kier alpha value is -0.680. The van der Waals surface area contributed by atoms with Gasteiger partial charge >= 0.3 is 0 Å². The summed E-state index contributed by atoms with van der Waals surface area (Å²) < 4.78 is 23.1. The molecule has 1 heterocycles. The monoisotopic (exact) mass is 288 g/mol. The van der Waals surface area contributed by atoms with Crippen LogP contribution in [0.15, 0.2) is 23.1 Å². The molecule has 0 fully saturated rings. The molecule has 0 atom stereocenters. The summed E-state index contributed by atoms with van der Waals surface area (Å²) in [6.45, 7) is 0. The molecule has 0 unspecified atom stereocenters. The van der Waals surface area contributed by atoms with Gasteiger partial charge < -0.3 is 0 Å². The van der Waals surface area contributed by atoms with Crippen LogP contribution in [0.4, 0.5) is 0 Å². The van der Waals surface area contributed by atoms with E-state index in [1.54, 1.807) is 12.1 Å². The first-order chi connectivity index (χ1) is 7.00. The van der Waals surface area contributed by atoms with Crippen LogP contribution in [0.2, 0.25) is 0 Å². The predicted molar refractivity (Wildman–Crippen MR) is 60.1 cm³/mol. The van der Waals surface area contributed by atoms with Crippen LogP contribution in [0.5, 0.6) is 0 Å². The second kappa shape index (κ2) is 3.72. The van der Waals surface area contributed by atoms with Crippen molar-refractivity contribution in [2.45, 2.75) is 17.7 Å². The molecule has 1 aromatic rings. The zero-order chi connectivity index (χ0) is 11.1. The molecule has 0 saturated carbocycles. The van der Waals surface area contributed by atoms with E-state index in [9.17, 15) is 13.2 Å². The lowest BCUT2D eigenvalue weighted by atomic mass is 10.1. The Morgan fingerprint density at radius 2 is 2.07 bits per heavy atom. The maximum atomic E-state index is 11.7. The van der Waals surface area contributed by atoms with E-state index in [0.717, 1.165) is 12.0 Å². The van der Waals surface area contributed by atoms with Crippen LogP contribution in [0, 0.1) is 0 Å². The summed E-state index contributed by atoms with van der Waals surface area (Å²) in [5, 5.41) is 0. The van der Waals surface area contributed by atoms with E-state index in [0.29, 0.717) is 16.9 Å². The molecule has 15 heavy (non-hydrogen) atoms. The molecule has 0 saturated heterocycles. The van der Waals surface area contributed by atoms with Gasteiger partial charge in [0.2, 0.25) is 4.69 Å². The zero-order valence-corrected chi connectivity index (χ0v) is 10.3. The average Bonchev–Trinajstić information content (AvgIpc) is 2.16. The summed E-state index contributed by atoms with van der Waals surface area (Å²) in [6, 6.07) is 4.72. The molecule has 0 aliphatic carbocycles. The predicted octanol–water partition coefficient (Wildman–Crippen LogP) is 1.94. The summed E-state index contributed by atoms with van der Waals surface area (Å²) in [5.74, 6) is 0.210. The van der Waals surface area contributed by atoms with E-state index in [-0.39, 0.29) is 10.4 Å². The standard InChI is InChI=1S/C10H9BrO3S/c11-10(12)8-3-4-9-7(6-8)2-1-5-15(9,13)14/h3-4,6H,1-2,5H2. The van der Waals surface area contributed by atoms with Gasteiger partial charge in [-0.05, 0) is 52.5 Å². The van der Waals surface area contributed by atoms with Crippen LogP contribution in [0.25, 0.3) is 0 Å². The van der Waals surface area contributed by atoms with E-state index in [1.807, 2.05) is 0 Å². The highest BCUT2D eigenvalue weighted by Crippen LogP contribution is 2.26. The summed E-state index contributed by atoms with van der Waals surface area (Å²) in [5.41, 5.74) is 1.26. The third kappa shape index (κ3) is 1.99. The lowest BCUT2D eigenvalue weighted by Crippen LogP contribution is -2.16. The molecular weight excluding hydrogens is 280 g/mol. The van der Waals surface area contributed by atoms with Gasteiger partial charge in [-0.25, -0.2) is 8.42 Å². The minimum atomic E-state index is -3.11. The van der Waals surface area contributed by atoms with Crippen LogP contribution in [-0.4, -0.2) is 18.9 Å². The van der Waals surface area contributed by atoms with Crippen molar-refractivity contribution < 1.29 is 13.2 Å². The Kier molecular flexibility index (Phi) is 2.68. The quantitative estimate of drug-likeness (QED) is 0.742. The second-order valence-electron chi connectivity index (χ2n) is 3.52. The fraction of sp³-hybridized carbons (Fsp3) is 0.300. The topological polar surface area (TPSA) is 51.2 Å². The number of sulfone groups is 1. The fourth-order valence-corrected chi connectivity index (χ4v) is 3.59. The summed E-state index contributed by atoms with van der Waals surface area (Å²) in [4.78, 5) is 11.4. The van der Waals surface area contributed by atoms with Crippen molar-refractivity contribution in [3.8, 4) is 0 Å².